The molecule has 1 aliphatic heterocycles. The Bertz CT molecular complexity index is 1380. The number of tetrazole rings is 1. The molecule has 1 aliphatic rings. The second-order valence-corrected chi connectivity index (χ2v) is 10.3. The number of aliphatic hydroxyl groups is 2. The minimum absolute atomic E-state index is 0.128. The molecule has 5 rings (SSSR count). The van der Waals surface area contributed by atoms with Crippen LogP contribution in [0, 0.1) is 0 Å². The summed E-state index contributed by atoms with van der Waals surface area (Å²) in [5.74, 6) is 0. The lowest BCUT2D eigenvalue weighted by molar-refractivity contribution is -0.205. The van der Waals surface area contributed by atoms with Gasteiger partial charge < -0.3 is 20.0 Å². The van der Waals surface area contributed by atoms with E-state index >= 15 is 0 Å². The second kappa shape index (κ2) is 11.4. The van der Waals surface area contributed by atoms with Gasteiger partial charge in [-0.15, -0.1) is 16.4 Å². The molecule has 0 spiro atoms. The molecule has 0 amide bonds. The Balaban J connectivity index is 1.17. The third kappa shape index (κ3) is 5.90. The van der Waals surface area contributed by atoms with Crippen LogP contribution in [0.15, 0.2) is 61.1 Å². The van der Waals surface area contributed by atoms with Gasteiger partial charge in [0.15, 0.2) is 12.3 Å². The van der Waals surface area contributed by atoms with Crippen molar-refractivity contribution in [2.24, 2.45) is 0 Å². The van der Waals surface area contributed by atoms with Gasteiger partial charge in [-0.05, 0) is 46.3 Å². The number of nitrogens with zero attached hydrogens (tertiary/aromatic N) is 7. The van der Waals surface area contributed by atoms with Crippen LogP contribution in [0.5, 0.6) is 0 Å². The topological polar surface area (TPSA) is 103 Å². The van der Waals surface area contributed by atoms with Gasteiger partial charge in [-0.3, -0.25) is 4.98 Å². The van der Waals surface area contributed by atoms with E-state index in [9.17, 15) is 32.2 Å². The highest BCUT2D eigenvalue weighted by atomic mass is 32.1. The highest BCUT2D eigenvalue weighted by molar-refractivity contribution is 7.16. The Labute approximate surface area is 229 Å². The lowest BCUT2D eigenvalue weighted by atomic mass is 10.0. The molecule has 212 valence electrons. The summed E-state index contributed by atoms with van der Waals surface area (Å²) in [5.41, 5.74) is 2.36. The number of hydrogen-bond donors (Lipinski definition) is 2. The molecule has 40 heavy (non-hydrogen) atoms. The molecule has 0 bridgehead atoms. The van der Waals surface area contributed by atoms with Gasteiger partial charge in [-0.25, -0.2) is 8.78 Å². The Morgan fingerprint density at radius 2 is 1.52 bits per heavy atom. The van der Waals surface area contributed by atoms with Gasteiger partial charge in [0.25, 0.3) is 0 Å². The largest absolute Gasteiger partial charge is 0.419 e. The first-order valence-corrected chi connectivity index (χ1v) is 13.0. The van der Waals surface area contributed by atoms with E-state index in [-0.39, 0.29) is 10.6 Å². The molecule has 0 radical (unpaired) electrons. The molecule has 0 saturated carbocycles. The lowest BCUT2D eigenvalue weighted by Gasteiger charge is -2.36. The summed E-state index contributed by atoms with van der Waals surface area (Å²) >= 11 is 0.943. The molecule has 3 aromatic heterocycles. The summed E-state index contributed by atoms with van der Waals surface area (Å²) < 4.78 is 68.0. The van der Waals surface area contributed by atoms with Gasteiger partial charge in [-0.1, -0.05) is 18.2 Å². The molecule has 4 atom stereocenters. The number of pyridine rings is 1. The van der Waals surface area contributed by atoms with Crippen molar-refractivity contribution >= 4 is 22.0 Å². The van der Waals surface area contributed by atoms with Crippen molar-refractivity contribution in [1.29, 1.82) is 0 Å². The van der Waals surface area contributed by atoms with Gasteiger partial charge in [-0.2, -0.15) is 17.9 Å². The summed E-state index contributed by atoms with van der Waals surface area (Å²) in [6.45, 7) is 2.54. The van der Waals surface area contributed by atoms with Crippen molar-refractivity contribution in [3.05, 3.63) is 71.6 Å². The maximum absolute atomic E-state index is 14.7. The smallest absolute Gasteiger partial charge is 0.385 e. The van der Waals surface area contributed by atoms with E-state index in [0.717, 1.165) is 28.9 Å². The molecule has 1 fully saturated rings. The highest BCUT2D eigenvalue weighted by Gasteiger charge is 2.40. The van der Waals surface area contributed by atoms with Crippen LogP contribution in [0.3, 0.4) is 0 Å². The zero-order valence-corrected chi connectivity index (χ0v) is 21.6. The van der Waals surface area contributed by atoms with Crippen LogP contribution in [0.2, 0.25) is 0 Å². The summed E-state index contributed by atoms with van der Waals surface area (Å²) in [6.07, 6.45) is -11.1. The second-order valence-electron chi connectivity index (χ2n) is 9.17. The first kappa shape index (κ1) is 27.9. The van der Waals surface area contributed by atoms with Gasteiger partial charge >= 0.3 is 6.18 Å². The fourth-order valence-corrected chi connectivity index (χ4v) is 5.43. The predicted octanol–water partition coefficient (Wildman–Crippen LogP) is 4.26. The van der Waals surface area contributed by atoms with E-state index in [1.807, 2.05) is 29.2 Å². The number of hydrogen-bond acceptors (Lipinski definition) is 9. The monoisotopic (exact) mass is 581 g/mol. The van der Waals surface area contributed by atoms with E-state index in [0.29, 0.717) is 41.4 Å². The number of anilines is 2. The molecular formula is C25H24F5N7O2S. The quantitative estimate of drug-likeness (QED) is 0.298. The lowest BCUT2D eigenvalue weighted by Crippen LogP contribution is -2.46. The molecule has 4 aromatic rings. The van der Waals surface area contributed by atoms with E-state index in [1.54, 1.807) is 12.1 Å². The molecule has 4 unspecified atom stereocenters. The third-order valence-corrected chi connectivity index (χ3v) is 7.82. The molecule has 4 heterocycles. The number of aliphatic hydroxyl groups excluding tert-OH is 2. The Kier molecular flexibility index (Phi) is 7.96. The minimum atomic E-state index is -4.70. The van der Waals surface area contributed by atoms with Crippen LogP contribution in [-0.4, -0.2) is 73.9 Å². The molecule has 1 aromatic carbocycles. The van der Waals surface area contributed by atoms with Crippen molar-refractivity contribution in [1.82, 2.24) is 25.2 Å². The standard InChI is InChI=1S/C25H24F5N7O2S/c26-21(22(38)24(27)37-14-32-33-34-37)18-6-3-16(13-31-18)15-1-4-17(5-2-15)35-9-11-36(12-10-35)20-8-7-19(40-20)23(39)25(28,29)30/h1-8,13-14,21-24,38-39H,9-12H2. The van der Waals surface area contributed by atoms with Crippen LogP contribution in [0.4, 0.5) is 32.6 Å². The summed E-state index contributed by atoms with van der Waals surface area (Å²) in [6, 6.07) is 13.6. The molecule has 2 N–H and O–H groups in total. The SMILES string of the molecule is OC(C(F)c1ccc(-c2ccc(N3CCN(c4ccc(C(O)C(F)(F)F)s4)CC3)cc2)cn1)C(F)n1cnnn1. The third-order valence-electron chi connectivity index (χ3n) is 6.62. The van der Waals surface area contributed by atoms with Crippen LogP contribution in [0.1, 0.15) is 29.1 Å². The number of rotatable bonds is 8. The van der Waals surface area contributed by atoms with Gasteiger partial charge in [0.2, 0.25) is 6.30 Å². The first-order valence-electron chi connectivity index (χ1n) is 12.2. The molecular weight excluding hydrogens is 557 g/mol. The van der Waals surface area contributed by atoms with Crippen LogP contribution in [0.25, 0.3) is 11.1 Å². The highest BCUT2D eigenvalue weighted by Crippen LogP contribution is 2.39. The zero-order valence-electron chi connectivity index (χ0n) is 20.7. The van der Waals surface area contributed by atoms with Crippen molar-refractivity contribution in [2.45, 2.75) is 30.9 Å². The van der Waals surface area contributed by atoms with Crippen LogP contribution in [-0.2, 0) is 0 Å². The average molecular weight is 582 g/mol. The number of piperazine rings is 1. The van der Waals surface area contributed by atoms with Crippen LogP contribution < -0.4 is 9.80 Å². The summed E-state index contributed by atoms with van der Waals surface area (Å²) in [5, 5.41) is 30.0. The van der Waals surface area contributed by atoms with Gasteiger partial charge in [0, 0.05) is 48.5 Å². The van der Waals surface area contributed by atoms with E-state index < -0.39 is 30.9 Å². The number of aromatic nitrogens is 5. The van der Waals surface area contributed by atoms with Gasteiger partial charge in [0.05, 0.1) is 10.7 Å². The van der Waals surface area contributed by atoms with Crippen molar-refractivity contribution in [2.75, 3.05) is 36.0 Å². The van der Waals surface area contributed by atoms with Gasteiger partial charge in [0.1, 0.15) is 12.4 Å². The minimum Gasteiger partial charge on any atom is -0.385 e. The molecule has 1 saturated heterocycles. The Morgan fingerprint density at radius 3 is 2.12 bits per heavy atom. The van der Waals surface area contributed by atoms with E-state index in [1.165, 1.54) is 18.3 Å². The fraction of sp³-hybridized carbons (Fsp3) is 0.360. The summed E-state index contributed by atoms with van der Waals surface area (Å²) in [7, 11) is 0. The molecule has 0 aliphatic carbocycles. The van der Waals surface area contributed by atoms with Crippen LogP contribution >= 0.6 is 11.3 Å². The maximum Gasteiger partial charge on any atom is 0.419 e. The van der Waals surface area contributed by atoms with Crippen molar-refractivity contribution in [3.8, 4) is 11.1 Å². The Morgan fingerprint density at radius 1 is 0.850 bits per heavy atom. The van der Waals surface area contributed by atoms with Crippen molar-refractivity contribution in [3.63, 3.8) is 0 Å². The first-order chi connectivity index (χ1) is 19.1. The number of halogens is 5. The predicted molar refractivity (Wildman–Crippen MR) is 137 cm³/mol. The number of thiophene rings is 1. The average Bonchev–Trinajstić information content (AvgIpc) is 3.69. The maximum atomic E-state index is 14.7. The molecule has 9 nitrogen and oxygen atoms in total. The summed E-state index contributed by atoms with van der Waals surface area (Å²) in [4.78, 5) is 8.09. The fourth-order valence-electron chi connectivity index (χ4n) is 4.36. The normalized spacial score (nSPS) is 17.5. The van der Waals surface area contributed by atoms with E-state index in [4.69, 9.17) is 0 Å². The molecule has 15 heteroatoms. The zero-order chi connectivity index (χ0) is 28.4. The van der Waals surface area contributed by atoms with Crippen molar-refractivity contribution < 1.29 is 32.2 Å². The van der Waals surface area contributed by atoms with E-state index in [2.05, 4.69) is 25.4 Å². The number of alkyl halides is 5. The number of benzene rings is 1. The Hall–Kier alpha value is -3.69.